The second-order valence-electron chi connectivity index (χ2n) is 4.52. The predicted molar refractivity (Wildman–Crippen MR) is 64.4 cm³/mol. The zero-order valence-corrected chi connectivity index (χ0v) is 9.85. The third-order valence-electron chi connectivity index (χ3n) is 2.91. The molecule has 0 radical (unpaired) electrons. The van der Waals surface area contributed by atoms with Crippen molar-refractivity contribution in [2.45, 2.75) is 32.3 Å². The molecule has 1 aliphatic carbocycles. The molecular weight excluding hydrogens is 218 g/mol. The Morgan fingerprint density at radius 2 is 2.35 bits per heavy atom. The molecule has 1 atom stereocenters. The quantitative estimate of drug-likeness (QED) is 0.792. The monoisotopic (exact) mass is 235 g/mol. The maximum absolute atomic E-state index is 10.8. The molecule has 1 aromatic rings. The standard InChI is InChI=1S/C12H17N3O2/c1-7(8-2-3-8)17-11-6-15-9(4-10(11)13)5-12(14)16/h4,6-8H,2-3,5H2,1H3,(H2,13,15)(H2,14,16). The third-order valence-corrected chi connectivity index (χ3v) is 2.91. The van der Waals surface area contributed by atoms with E-state index in [-0.39, 0.29) is 12.5 Å². The highest BCUT2D eigenvalue weighted by molar-refractivity contribution is 5.76. The molecule has 5 heteroatoms. The fourth-order valence-electron chi connectivity index (χ4n) is 1.74. The maximum Gasteiger partial charge on any atom is 0.223 e. The van der Waals surface area contributed by atoms with E-state index in [9.17, 15) is 4.79 Å². The lowest BCUT2D eigenvalue weighted by atomic mass is 10.2. The van der Waals surface area contributed by atoms with Crippen LogP contribution in [0.25, 0.3) is 0 Å². The normalized spacial score (nSPS) is 16.5. The van der Waals surface area contributed by atoms with E-state index < -0.39 is 5.91 Å². The van der Waals surface area contributed by atoms with Gasteiger partial charge in [-0.15, -0.1) is 0 Å². The van der Waals surface area contributed by atoms with Gasteiger partial charge in [0.25, 0.3) is 0 Å². The van der Waals surface area contributed by atoms with Gasteiger partial charge in [-0.3, -0.25) is 9.78 Å². The number of pyridine rings is 1. The fraction of sp³-hybridized carbons (Fsp3) is 0.500. The van der Waals surface area contributed by atoms with Crippen molar-refractivity contribution in [2.75, 3.05) is 5.73 Å². The number of hydrogen-bond acceptors (Lipinski definition) is 4. The number of rotatable bonds is 5. The Morgan fingerprint density at radius 3 is 2.88 bits per heavy atom. The first-order valence-electron chi connectivity index (χ1n) is 5.75. The fourth-order valence-corrected chi connectivity index (χ4v) is 1.74. The van der Waals surface area contributed by atoms with Gasteiger partial charge in [-0.25, -0.2) is 0 Å². The van der Waals surface area contributed by atoms with E-state index in [0.29, 0.717) is 23.0 Å². The summed E-state index contributed by atoms with van der Waals surface area (Å²) in [4.78, 5) is 14.9. The van der Waals surface area contributed by atoms with E-state index in [1.807, 2.05) is 6.92 Å². The minimum absolute atomic E-state index is 0.0999. The first kappa shape index (κ1) is 11.7. The third kappa shape index (κ3) is 3.09. The van der Waals surface area contributed by atoms with E-state index in [4.69, 9.17) is 16.2 Å². The van der Waals surface area contributed by atoms with Crippen LogP contribution >= 0.6 is 0 Å². The van der Waals surface area contributed by atoms with Gasteiger partial charge in [0.15, 0.2) is 5.75 Å². The number of nitrogens with two attached hydrogens (primary N) is 2. The Labute approximate surface area is 100 Å². The maximum atomic E-state index is 10.8. The van der Waals surface area contributed by atoms with Gasteiger partial charge < -0.3 is 16.2 Å². The first-order valence-corrected chi connectivity index (χ1v) is 5.75. The molecule has 1 saturated carbocycles. The number of aromatic nitrogens is 1. The zero-order valence-electron chi connectivity index (χ0n) is 9.85. The van der Waals surface area contributed by atoms with Crippen molar-refractivity contribution >= 4 is 11.6 Å². The number of anilines is 1. The van der Waals surface area contributed by atoms with Crippen LogP contribution in [0.2, 0.25) is 0 Å². The molecule has 1 heterocycles. The van der Waals surface area contributed by atoms with Crippen molar-refractivity contribution in [3.8, 4) is 5.75 Å². The van der Waals surface area contributed by atoms with Crippen molar-refractivity contribution in [3.05, 3.63) is 18.0 Å². The van der Waals surface area contributed by atoms with Crippen molar-refractivity contribution in [3.63, 3.8) is 0 Å². The van der Waals surface area contributed by atoms with Crippen LogP contribution in [-0.4, -0.2) is 17.0 Å². The Balaban J connectivity index is 2.05. The molecular formula is C12H17N3O2. The molecule has 1 aromatic heterocycles. The van der Waals surface area contributed by atoms with Crippen LogP contribution in [0.4, 0.5) is 5.69 Å². The number of nitrogen functional groups attached to an aromatic ring is 1. The molecule has 0 aliphatic heterocycles. The molecule has 0 spiro atoms. The van der Waals surface area contributed by atoms with Gasteiger partial charge in [0.1, 0.15) is 0 Å². The van der Waals surface area contributed by atoms with Gasteiger partial charge in [0.2, 0.25) is 5.91 Å². The summed E-state index contributed by atoms with van der Waals surface area (Å²) in [5, 5.41) is 0. The SMILES string of the molecule is CC(Oc1cnc(CC(N)=O)cc1N)C1CC1. The Hall–Kier alpha value is -1.78. The number of carbonyl (C=O) groups is 1. The highest BCUT2D eigenvalue weighted by Gasteiger charge is 2.29. The smallest absolute Gasteiger partial charge is 0.223 e. The van der Waals surface area contributed by atoms with Gasteiger partial charge in [-0.05, 0) is 31.7 Å². The molecule has 2 rings (SSSR count). The van der Waals surface area contributed by atoms with Gasteiger partial charge >= 0.3 is 0 Å². The molecule has 1 fully saturated rings. The summed E-state index contributed by atoms with van der Waals surface area (Å²) in [6, 6.07) is 1.64. The lowest BCUT2D eigenvalue weighted by molar-refractivity contribution is -0.117. The number of carbonyl (C=O) groups excluding carboxylic acids is 1. The van der Waals surface area contributed by atoms with E-state index in [2.05, 4.69) is 4.98 Å². The zero-order chi connectivity index (χ0) is 12.4. The Bertz CT molecular complexity index is 430. The van der Waals surface area contributed by atoms with E-state index in [1.165, 1.54) is 12.8 Å². The molecule has 0 bridgehead atoms. The lowest BCUT2D eigenvalue weighted by Gasteiger charge is -2.15. The largest absolute Gasteiger partial charge is 0.487 e. The molecule has 1 aliphatic rings. The van der Waals surface area contributed by atoms with Crippen LogP contribution in [0.15, 0.2) is 12.3 Å². The van der Waals surface area contributed by atoms with Crippen LogP contribution < -0.4 is 16.2 Å². The summed E-state index contributed by atoms with van der Waals surface area (Å²) in [5.41, 5.74) is 12.0. The second-order valence-corrected chi connectivity index (χ2v) is 4.52. The van der Waals surface area contributed by atoms with Crippen molar-refractivity contribution < 1.29 is 9.53 Å². The highest BCUT2D eigenvalue weighted by atomic mass is 16.5. The van der Waals surface area contributed by atoms with Crippen molar-refractivity contribution in [2.24, 2.45) is 11.7 Å². The molecule has 4 N–H and O–H groups in total. The second kappa shape index (κ2) is 4.61. The number of hydrogen-bond donors (Lipinski definition) is 2. The average Bonchev–Trinajstić information content (AvgIpc) is 3.04. The molecule has 1 unspecified atom stereocenters. The summed E-state index contributed by atoms with van der Waals surface area (Å²) >= 11 is 0. The summed E-state index contributed by atoms with van der Waals surface area (Å²) in [7, 11) is 0. The van der Waals surface area contributed by atoms with Gasteiger partial charge in [-0.2, -0.15) is 0 Å². The highest BCUT2D eigenvalue weighted by Crippen LogP contribution is 2.35. The van der Waals surface area contributed by atoms with Crippen LogP contribution in [0.5, 0.6) is 5.75 Å². The lowest BCUT2D eigenvalue weighted by Crippen LogP contribution is -2.17. The van der Waals surface area contributed by atoms with Gasteiger partial charge in [-0.1, -0.05) is 0 Å². The molecule has 17 heavy (non-hydrogen) atoms. The number of nitrogens with zero attached hydrogens (tertiary/aromatic N) is 1. The van der Waals surface area contributed by atoms with Crippen LogP contribution in [0.1, 0.15) is 25.5 Å². The Morgan fingerprint density at radius 1 is 1.65 bits per heavy atom. The van der Waals surface area contributed by atoms with Crippen LogP contribution in [-0.2, 0) is 11.2 Å². The van der Waals surface area contributed by atoms with E-state index in [1.54, 1.807) is 12.3 Å². The first-order chi connectivity index (χ1) is 8.06. The average molecular weight is 235 g/mol. The summed E-state index contributed by atoms with van der Waals surface area (Å²) in [6.45, 7) is 2.04. The number of ether oxygens (including phenoxy) is 1. The topological polar surface area (TPSA) is 91.2 Å². The summed E-state index contributed by atoms with van der Waals surface area (Å²) < 4.78 is 5.73. The van der Waals surface area contributed by atoms with Crippen LogP contribution in [0.3, 0.4) is 0 Å². The minimum atomic E-state index is -0.420. The van der Waals surface area contributed by atoms with Gasteiger partial charge in [0.05, 0.1) is 30.1 Å². The van der Waals surface area contributed by atoms with Gasteiger partial charge in [0, 0.05) is 0 Å². The van der Waals surface area contributed by atoms with Crippen LogP contribution in [0, 0.1) is 5.92 Å². The van der Waals surface area contributed by atoms with Crippen molar-refractivity contribution in [1.82, 2.24) is 4.98 Å². The molecule has 92 valence electrons. The minimum Gasteiger partial charge on any atom is -0.487 e. The van der Waals surface area contributed by atoms with Crippen molar-refractivity contribution in [1.29, 1.82) is 0 Å². The van der Waals surface area contributed by atoms with E-state index >= 15 is 0 Å². The molecule has 0 saturated heterocycles. The predicted octanol–water partition coefficient (Wildman–Crippen LogP) is 0.869. The summed E-state index contributed by atoms with van der Waals surface area (Å²) in [5.74, 6) is 0.800. The number of primary amides is 1. The molecule has 5 nitrogen and oxygen atoms in total. The summed E-state index contributed by atoms with van der Waals surface area (Å²) in [6.07, 6.45) is 4.26. The molecule has 0 aromatic carbocycles. The van der Waals surface area contributed by atoms with E-state index in [0.717, 1.165) is 0 Å². The number of amides is 1. The molecule has 1 amide bonds. The Kier molecular flexibility index (Phi) is 3.17.